The van der Waals surface area contributed by atoms with Gasteiger partial charge in [0.15, 0.2) is 23.2 Å². The number of aryl methyl sites for hydroxylation is 1. The van der Waals surface area contributed by atoms with Gasteiger partial charge in [0.2, 0.25) is 0 Å². The molecule has 0 saturated carbocycles. The van der Waals surface area contributed by atoms with Crippen molar-refractivity contribution in [2.45, 2.75) is 50.7 Å². The minimum Gasteiger partial charge on any atom is -0.394 e. The van der Waals surface area contributed by atoms with E-state index in [1.165, 1.54) is 15.6 Å². The maximum absolute atomic E-state index is 10.4. The number of aliphatic hydroxyl groups excluding tert-OH is 3. The van der Waals surface area contributed by atoms with Gasteiger partial charge in [-0.25, -0.2) is 4.98 Å². The van der Waals surface area contributed by atoms with Gasteiger partial charge >= 0.3 is 0 Å². The van der Waals surface area contributed by atoms with E-state index in [1.54, 1.807) is 13.2 Å². The minimum atomic E-state index is -1.24. The fourth-order valence-corrected chi connectivity index (χ4v) is 3.35. The van der Waals surface area contributed by atoms with Crippen LogP contribution in [0.3, 0.4) is 0 Å². The molecule has 4 rings (SSSR count). The largest absolute Gasteiger partial charge is 0.394 e. The number of hydrogen-bond acceptors (Lipinski definition) is 10. The molecule has 0 radical (unpaired) electrons. The molecule has 1 fully saturated rings. The number of fused-ring (bicyclic) bond motifs is 1. The first-order chi connectivity index (χ1) is 14.1. The van der Waals surface area contributed by atoms with E-state index in [0.29, 0.717) is 17.0 Å². The molecule has 4 N–H and O–H groups in total. The highest BCUT2D eigenvalue weighted by molar-refractivity contribution is 5.83. The van der Waals surface area contributed by atoms with Crippen molar-refractivity contribution < 1.29 is 20.1 Å². The van der Waals surface area contributed by atoms with Crippen molar-refractivity contribution in [3.8, 4) is 5.95 Å². The molecular weight excluding hydrogens is 380 g/mol. The summed E-state index contributed by atoms with van der Waals surface area (Å²) in [5.41, 5.74) is 1.71. The SMILES string of the molecule is CCCCc1cn(-c2nc(NC)c3ncn([C@@H]4O[C@H](CO)[C@@H](O)[C@H]4O)c3n2)nn1. The van der Waals surface area contributed by atoms with Gasteiger partial charge in [0, 0.05) is 7.05 Å². The van der Waals surface area contributed by atoms with E-state index in [0.717, 1.165) is 25.0 Å². The molecular formula is C17H24N8O4. The zero-order chi connectivity index (χ0) is 20.5. The first kappa shape index (κ1) is 19.6. The van der Waals surface area contributed by atoms with Gasteiger partial charge in [-0.15, -0.1) is 5.10 Å². The van der Waals surface area contributed by atoms with Crippen molar-refractivity contribution in [3.63, 3.8) is 0 Å². The number of nitrogens with one attached hydrogen (secondary N) is 1. The number of ether oxygens (including phenoxy) is 1. The van der Waals surface area contributed by atoms with Gasteiger partial charge in [-0.3, -0.25) is 4.57 Å². The molecule has 1 aliphatic heterocycles. The Morgan fingerprint density at radius 1 is 1.24 bits per heavy atom. The molecule has 3 aromatic heterocycles. The van der Waals surface area contributed by atoms with Crippen LogP contribution in [0.2, 0.25) is 0 Å². The molecule has 0 bridgehead atoms. The third-order valence-electron chi connectivity index (χ3n) is 4.97. The number of rotatable bonds is 7. The molecule has 12 heteroatoms. The van der Waals surface area contributed by atoms with Crippen LogP contribution >= 0.6 is 0 Å². The van der Waals surface area contributed by atoms with Crippen LogP contribution in [0.5, 0.6) is 0 Å². The highest BCUT2D eigenvalue weighted by Crippen LogP contribution is 2.32. The zero-order valence-electron chi connectivity index (χ0n) is 16.2. The Morgan fingerprint density at radius 2 is 2.07 bits per heavy atom. The second-order valence-corrected chi connectivity index (χ2v) is 6.93. The van der Waals surface area contributed by atoms with Crippen molar-refractivity contribution in [2.75, 3.05) is 19.0 Å². The van der Waals surface area contributed by atoms with E-state index in [9.17, 15) is 15.3 Å². The summed E-state index contributed by atoms with van der Waals surface area (Å²) in [5, 5.41) is 41.0. The molecule has 0 aliphatic carbocycles. The summed E-state index contributed by atoms with van der Waals surface area (Å²) in [7, 11) is 1.71. The Bertz CT molecular complexity index is 989. The highest BCUT2D eigenvalue weighted by atomic mass is 16.6. The van der Waals surface area contributed by atoms with Crippen molar-refractivity contribution in [2.24, 2.45) is 0 Å². The highest BCUT2D eigenvalue weighted by Gasteiger charge is 2.44. The summed E-state index contributed by atoms with van der Waals surface area (Å²) in [6, 6.07) is 0. The summed E-state index contributed by atoms with van der Waals surface area (Å²) in [4.78, 5) is 13.3. The molecule has 4 atom stereocenters. The first-order valence-electron chi connectivity index (χ1n) is 9.53. The van der Waals surface area contributed by atoms with E-state index in [2.05, 4.69) is 37.5 Å². The predicted octanol–water partition coefficient (Wildman–Crippen LogP) is -0.597. The van der Waals surface area contributed by atoms with E-state index in [1.807, 2.05) is 0 Å². The van der Waals surface area contributed by atoms with Gasteiger partial charge < -0.3 is 25.4 Å². The summed E-state index contributed by atoms with van der Waals surface area (Å²) < 4.78 is 8.61. The van der Waals surface area contributed by atoms with Crippen molar-refractivity contribution in [3.05, 3.63) is 18.2 Å². The molecule has 0 amide bonds. The lowest BCUT2D eigenvalue weighted by atomic mass is 10.1. The summed E-state index contributed by atoms with van der Waals surface area (Å²) >= 11 is 0. The Kier molecular flexibility index (Phi) is 5.41. The Hall–Kier alpha value is -2.67. The smallest absolute Gasteiger partial charge is 0.256 e. The van der Waals surface area contributed by atoms with Crippen LogP contribution in [-0.4, -0.2) is 81.8 Å². The quantitative estimate of drug-likeness (QED) is 0.401. The van der Waals surface area contributed by atoms with Gasteiger partial charge in [-0.05, 0) is 12.8 Å². The normalized spacial score (nSPS) is 24.4. The molecule has 1 saturated heterocycles. The molecule has 156 valence electrons. The van der Waals surface area contributed by atoms with Crippen molar-refractivity contribution >= 4 is 17.0 Å². The fraction of sp³-hybridized carbons (Fsp3) is 0.588. The van der Waals surface area contributed by atoms with Crippen LogP contribution in [0, 0.1) is 0 Å². The summed E-state index contributed by atoms with van der Waals surface area (Å²) in [6.45, 7) is 1.70. The third kappa shape index (κ3) is 3.44. The number of aromatic nitrogens is 7. The van der Waals surface area contributed by atoms with Crippen LogP contribution in [0.15, 0.2) is 12.5 Å². The molecule has 3 aromatic rings. The molecule has 0 spiro atoms. The topological polar surface area (TPSA) is 156 Å². The first-order valence-corrected chi connectivity index (χ1v) is 9.53. The molecule has 1 aliphatic rings. The monoisotopic (exact) mass is 404 g/mol. The van der Waals surface area contributed by atoms with Gasteiger partial charge in [-0.2, -0.15) is 14.6 Å². The third-order valence-corrected chi connectivity index (χ3v) is 4.97. The second-order valence-electron chi connectivity index (χ2n) is 6.93. The lowest BCUT2D eigenvalue weighted by Crippen LogP contribution is -2.33. The molecule has 0 aromatic carbocycles. The van der Waals surface area contributed by atoms with Gasteiger partial charge in [0.1, 0.15) is 18.3 Å². The van der Waals surface area contributed by atoms with Crippen LogP contribution in [0.25, 0.3) is 17.1 Å². The van der Waals surface area contributed by atoms with Crippen LogP contribution in [-0.2, 0) is 11.2 Å². The fourth-order valence-electron chi connectivity index (χ4n) is 3.35. The van der Waals surface area contributed by atoms with Crippen LogP contribution in [0.4, 0.5) is 5.82 Å². The van der Waals surface area contributed by atoms with E-state index in [-0.39, 0.29) is 5.95 Å². The van der Waals surface area contributed by atoms with Crippen molar-refractivity contribution in [1.29, 1.82) is 0 Å². The standard InChI is InChI=1S/C17H24N8O4/c1-3-4-5-9-6-25(23-22-9)17-20-14(18-2)11-15(21-17)24(8-19-11)16-13(28)12(27)10(7-26)29-16/h6,8,10,12-13,16,26-28H,3-5,7H2,1-2H3,(H,18,20,21)/t10-,12-,13-,16-/m1/s1. The molecule has 0 unspecified atom stereocenters. The van der Waals surface area contributed by atoms with E-state index >= 15 is 0 Å². The maximum atomic E-state index is 10.4. The number of aliphatic hydroxyl groups is 3. The van der Waals surface area contributed by atoms with Gasteiger partial charge in [0.25, 0.3) is 5.95 Å². The lowest BCUT2D eigenvalue weighted by molar-refractivity contribution is -0.0511. The Balaban J connectivity index is 1.75. The molecule has 12 nitrogen and oxygen atoms in total. The average molecular weight is 404 g/mol. The van der Waals surface area contributed by atoms with E-state index in [4.69, 9.17) is 4.74 Å². The number of imidazole rings is 1. The number of unbranched alkanes of at least 4 members (excludes halogenated alkanes) is 1. The predicted molar refractivity (Wildman–Crippen MR) is 101 cm³/mol. The van der Waals surface area contributed by atoms with Crippen LogP contribution < -0.4 is 5.32 Å². The van der Waals surface area contributed by atoms with Gasteiger partial charge in [0.05, 0.1) is 24.8 Å². The summed E-state index contributed by atoms with van der Waals surface area (Å²) in [5.74, 6) is 0.756. The van der Waals surface area contributed by atoms with Crippen LogP contribution in [0.1, 0.15) is 31.7 Å². The summed E-state index contributed by atoms with van der Waals surface area (Å²) in [6.07, 6.45) is 1.82. The zero-order valence-corrected chi connectivity index (χ0v) is 16.2. The van der Waals surface area contributed by atoms with E-state index < -0.39 is 31.1 Å². The maximum Gasteiger partial charge on any atom is 0.256 e. The van der Waals surface area contributed by atoms with Crippen molar-refractivity contribution in [1.82, 2.24) is 34.5 Å². The molecule has 29 heavy (non-hydrogen) atoms. The Labute approximate surface area is 166 Å². The Morgan fingerprint density at radius 3 is 2.76 bits per heavy atom. The second kappa shape index (κ2) is 7.99. The number of nitrogens with zero attached hydrogens (tertiary/aromatic N) is 7. The number of hydrogen-bond donors (Lipinski definition) is 4. The van der Waals surface area contributed by atoms with Gasteiger partial charge in [-0.1, -0.05) is 18.6 Å². The number of anilines is 1. The minimum absolute atomic E-state index is 0.283. The average Bonchev–Trinajstić information content (AvgIpc) is 3.44. The lowest BCUT2D eigenvalue weighted by Gasteiger charge is -2.16. The molecule has 4 heterocycles.